The fourth-order valence-electron chi connectivity index (χ4n) is 2.52. The van der Waals surface area contributed by atoms with Gasteiger partial charge in [0.2, 0.25) is 5.13 Å². The molecule has 4 aromatic rings. The summed E-state index contributed by atoms with van der Waals surface area (Å²) in [5.74, 6) is 0.426. The van der Waals surface area contributed by atoms with Crippen molar-refractivity contribution in [3.05, 3.63) is 83.2 Å². The topological polar surface area (TPSA) is 101 Å². The number of thioether (sulfide) groups is 1. The van der Waals surface area contributed by atoms with E-state index in [1.54, 1.807) is 47.5 Å². The molecule has 158 valence electrons. The molecular formula is C20H16N4O3S4. The lowest BCUT2D eigenvalue weighted by atomic mass is 10.2. The number of sulfonamides is 1. The van der Waals surface area contributed by atoms with Gasteiger partial charge in [-0.15, -0.1) is 21.5 Å². The number of carbonyl (C=O) groups is 1. The summed E-state index contributed by atoms with van der Waals surface area (Å²) in [6, 6.07) is 19.4. The molecule has 0 aliphatic heterocycles. The zero-order chi connectivity index (χ0) is 21.7. The molecule has 0 saturated heterocycles. The normalized spacial score (nSPS) is 11.2. The van der Waals surface area contributed by atoms with Gasteiger partial charge in [-0.2, -0.15) is 0 Å². The minimum atomic E-state index is -3.63. The number of benzene rings is 2. The maximum absolute atomic E-state index is 12.5. The van der Waals surface area contributed by atoms with Crippen LogP contribution >= 0.6 is 34.4 Å². The predicted molar refractivity (Wildman–Crippen MR) is 125 cm³/mol. The zero-order valence-electron chi connectivity index (χ0n) is 15.9. The van der Waals surface area contributed by atoms with Crippen LogP contribution in [0.4, 0.5) is 10.8 Å². The Balaban J connectivity index is 1.34. The largest absolute Gasteiger partial charge is 0.296 e. The quantitative estimate of drug-likeness (QED) is 0.269. The standard InChI is InChI=1S/C20H16N4O3S4/c25-18(21-19-22-23-20(30-19)29-13-14-5-2-1-3-6-14)15-8-10-16(11-9-15)24-31(26,27)17-7-4-12-28-17/h1-12,24H,13H2,(H,21,22,25). The molecule has 2 N–H and O–H groups in total. The van der Waals surface area contributed by atoms with Crippen molar-refractivity contribution < 1.29 is 13.2 Å². The van der Waals surface area contributed by atoms with Gasteiger partial charge in [-0.3, -0.25) is 14.8 Å². The Labute approximate surface area is 191 Å². The second-order valence-corrected chi connectivity index (χ2v) is 11.3. The van der Waals surface area contributed by atoms with Crippen molar-refractivity contribution in [2.24, 2.45) is 0 Å². The van der Waals surface area contributed by atoms with Crippen LogP contribution in [0.2, 0.25) is 0 Å². The fourth-order valence-corrected chi connectivity index (χ4v) is 6.27. The first-order valence-electron chi connectivity index (χ1n) is 8.97. The molecule has 0 saturated carbocycles. The summed E-state index contributed by atoms with van der Waals surface area (Å²) >= 11 is 3.99. The van der Waals surface area contributed by atoms with Gasteiger partial charge in [0.1, 0.15) is 4.21 Å². The second kappa shape index (κ2) is 9.60. The minimum Gasteiger partial charge on any atom is -0.296 e. The van der Waals surface area contributed by atoms with Crippen LogP contribution in [0.1, 0.15) is 15.9 Å². The van der Waals surface area contributed by atoms with Crippen LogP contribution in [-0.2, 0) is 15.8 Å². The van der Waals surface area contributed by atoms with Gasteiger partial charge in [0.15, 0.2) is 4.34 Å². The third-order valence-corrected chi connectivity index (χ3v) is 8.81. The predicted octanol–water partition coefficient (Wildman–Crippen LogP) is 4.95. The zero-order valence-corrected chi connectivity index (χ0v) is 19.2. The molecule has 0 atom stereocenters. The molecule has 0 radical (unpaired) electrons. The van der Waals surface area contributed by atoms with E-state index in [-0.39, 0.29) is 10.1 Å². The van der Waals surface area contributed by atoms with E-state index in [4.69, 9.17) is 0 Å². The van der Waals surface area contributed by atoms with Crippen molar-refractivity contribution in [3.63, 3.8) is 0 Å². The molecule has 2 aromatic carbocycles. The number of thiophene rings is 1. The van der Waals surface area contributed by atoms with Crippen LogP contribution < -0.4 is 10.0 Å². The van der Waals surface area contributed by atoms with Gasteiger partial charge >= 0.3 is 0 Å². The third kappa shape index (κ3) is 5.70. The maximum Gasteiger partial charge on any atom is 0.271 e. The summed E-state index contributed by atoms with van der Waals surface area (Å²) < 4.78 is 28.0. The lowest BCUT2D eigenvalue weighted by Crippen LogP contribution is -2.13. The molecule has 11 heteroatoms. The van der Waals surface area contributed by atoms with Crippen molar-refractivity contribution >= 4 is 61.2 Å². The number of aromatic nitrogens is 2. The van der Waals surface area contributed by atoms with Crippen molar-refractivity contribution in [1.82, 2.24) is 10.2 Å². The van der Waals surface area contributed by atoms with Crippen molar-refractivity contribution in [2.75, 3.05) is 10.0 Å². The van der Waals surface area contributed by atoms with Gasteiger partial charge in [-0.1, -0.05) is 59.5 Å². The Morgan fingerprint density at radius 1 is 0.968 bits per heavy atom. The van der Waals surface area contributed by atoms with E-state index < -0.39 is 10.0 Å². The monoisotopic (exact) mass is 488 g/mol. The number of anilines is 2. The van der Waals surface area contributed by atoms with Crippen LogP contribution in [0.3, 0.4) is 0 Å². The van der Waals surface area contributed by atoms with E-state index in [2.05, 4.69) is 20.2 Å². The van der Waals surface area contributed by atoms with E-state index in [0.717, 1.165) is 21.4 Å². The van der Waals surface area contributed by atoms with Crippen molar-refractivity contribution in [2.45, 2.75) is 14.3 Å². The van der Waals surface area contributed by atoms with Gasteiger partial charge in [0, 0.05) is 17.0 Å². The van der Waals surface area contributed by atoms with Crippen molar-refractivity contribution in [1.29, 1.82) is 0 Å². The third-order valence-electron chi connectivity index (χ3n) is 3.99. The van der Waals surface area contributed by atoms with E-state index in [1.165, 1.54) is 23.0 Å². The molecule has 0 fully saturated rings. The average Bonchev–Trinajstić information content (AvgIpc) is 3.46. The summed E-state index contributed by atoms with van der Waals surface area (Å²) in [5, 5.41) is 12.9. The Bertz CT molecular complexity index is 1260. The molecule has 1 amide bonds. The number of amides is 1. The van der Waals surface area contributed by atoms with Crippen LogP contribution in [0.25, 0.3) is 0 Å². The molecule has 2 heterocycles. The number of carbonyl (C=O) groups excluding carboxylic acids is 1. The van der Waals surface area contributed by atoms with E-state index >= 15 is 0 Å². The molecule has 0 aliphatic carbocycles. The van der Waals surface area contributed by atoms with Gasteiger partial charge in [-0.25, -0.2) is 8.42 Å². The summed E-state index contributed by atoms with van der Waals surface area (Å²) in [6.07, 6.45) is 0. The number of nitrogens with one attached hydrogen (secondary N) is 2. The summed E-state index contributed by atoms with van der Waals surface area (Å²) in [4.78, 5) is 12.5. The lowest BCUT2D eigenvalue weighted by Gasteiger charge is -2.07. The Morgan fingerprint density at radius 3 is 2.45 bits per heavy atom. The van der Waals surface area contributed by atoms with Gasteiger partial charge in [0.05, 0.1) is 0 Å². The molecule has 0 spiro atoms. The van der Waals surface area contributed by atoms with Crippen LogP contribution in [0.15, 0.2) is 80.7 Å². The smallest absolute Gasteiger partial charge is 0.271 e. The van der Waals surface area contributed by atoms with Crippen LogP contribution in [0.5, 0.6) is 0 Å². The number of hydrogen-bond donors (Lipinski definition) is 2. The molecule has 0 aliphatic rings. The summed E-state index contributed by atoms with van der Waals surface area (Å²) in [6.45, 7) is 0. The first-order valence-corrected chi connectivity index (χ1v) is 13.1. The van der Waals surface area contributed by atoms with Gasteiger partial charge in [-0.05, 0) is 41.3 Å². The molecule has 2 aromatic heterocycles. The van der Waals surface area contributed by atoms with Crippen molar-refractivity contribution in [3.8, 4) is 0 Å². The van der Waals surface area contributed by atoms with Crippen LogP contribution in [0, 0.1) is 0 Å². The van der Waals surface area contributed by atoms with E-state index in [0.29, 0.717) is 16.4 Å². The second-order valence-electron chi connectivity index (χ2n) is 6.22. The highest BCUT2D eigenvalue weighted by Gasteiger charge is 2.16. The molecule has 31 heavy (non-hydrogen) atoms. The molecule has 4 rings (SSSR count). The molecule has 0 bridgehead atoms. The van der Waals surface area contributed by atoms with E-state index in [9.17, 15) is 13.2 Å². The van der Waals surface area contributed by atoms with Gasteiger partial charge < -0.3 is 0 Å². The highest BCUT2D eigenvalue weighted by molar-refractivity contribution is 8.00. The number of rotatable bonds is 8. The summed E-state index contributed by atoms with van der Waals surface area (Å²) in [7, 11) is -3.63. The number of hydrogen-bond acceptors (Lipinski definition) is 8. The fraction of sp³-hybridized carbons (Fsp3) is 0.0500. The van der Waals surface area contributed by atoms with E-state index in [1.807, 2.05) is 30.3 Å². The summed E-state index contributed by atoms with van der Waals surface area (Å²) in [5.41, 5.74) is 1.94. The Kier molecular flexibility index (Phi) is 6.66. The van der Waals surface area contributed by atoms with Crippen LogP contribution in [-0.4, -0.2) is 24.5 Å². The molecular weight excluding hydrogens is 473 g/mol. The lowest BCUT2D eigenvalue weighted by molar-refractivity contribution is 0.102. The average molecular weight is 489 g/mol. The highest BCUT2D eigenvalue weighted by atomic mass is 32.2. The first-order chi connectivity index (χ1) is 15.0. The Morgan fingerprint density at radius 2 is 1.74 bits per heavy atom. The SMILES string of the molecule is O=C(Nc1nnc(SCc2ccccc2)s1)c1ccc(NS(=O)(=O)c2cccs2)cc1. The minimum absolute atomic E-state index is 0.228. The van der Waals surface area contributed by atoms with Gasteiger partial charge in [0.25, 0.3) is 15.9 Å². The molecule has 0 unspecified atom stereocenters. The number of nitrogens with zero attached hydrogens (tertiary/aromatic N) is 2. The Hall–Kier alpha value is -2.73. The highest BCUT2D eigenvalue weighted by Crippen LogP contribution is 2.28. The maximum atomic E-state index is 12.5. The first kappa shape index (κ1) is 21.5. The molecule has 7 nitrogen and oxygen atoms in total.